The minimum atomic E-state index is 0.568. The zero-order valence-corrected chi connectivity index (χ0v) is 12.1. The fourth-order valence-electron chi connectivity index (χ4n) is 2.18. The minimum Gasteiger partial charge on any atom is -0.397 e. The summed E-state index contributed by atoms with van der Waals surface area (Å²) in [4.78, 5) is 9.06. The molecule has 0 aliphatic rings. The Morgan fingerprint density at radius 3 is 2.56 bits per heavy atom. The molecule has 1 rings (SSSR count). The molecule has 1 aromatic rings. The van der Waals surface area contributed by atoms with E-state index < -0.39 is 0 Å². The van der Waals surface area contributed by atoms with Crippen molar-refractivity contribution in [1.29, 1.82) is 0 Å². The molecule has 1 heterocycles. The Hall–Kier alpha value is -1.13. The van der Waals surface area contributed by atoms with Gasteiger partial charge in [-0.25, -0.2) is 0 Å². The van der Waals surface area contributed by atoms with Gasteiger partial charge in [-0.1, -0.05) is 6.92 Å². The monoisotopic (exact) mass is 250 g/mol. The van der Waals surface area contributed by atoms with Crippen molar-refractivity contribution in [2.24, 2.45) is 0 Å². The predicted molar refractivity (Wildman–Crippen MR) is 77.6 cm³/mol. The van der Waals surface area contributed by atoms with E-state index >= 15 is 0 Å². The number of nitrogens with two attached hydrogens (primary N) is 1. The van der Waals surface area contributed by atoms with Crippen LogP contribution in [-0.2, 0) is 6.42 Å². The standard InChI is InChI=1S/C14H26N4/c1-5-18(12(2)11-17(3)4)9-8-14-7-6-13(15)10-16-14/h6-7,10,12H,5,8-9,11,15H2,1-4H3. The molecule has 18 heavy (non-hydrogen) atoms. The van der Waals surface area contributed by atoms with E-state index in [-0.39, 0.29) is 0 Å². The van der Waals surface area contributed by atoms with Gasteiger partial charge < -0.3 is 10.6 Å². The van der Waals surface area contributed by atoms with Crippen molar-refractivity contribution in [2.45, 2.75) is 26.3 Å². The first-order valence-electron chi connectivity index (χ1n) is 6.62. The summed E-state index contributed by atoms with van der Waals surface area (Å²) in [5.41, 5.74) is 7.47. The number of likely N-dealkylation sites (N-methyl/N-ethyl adjacent to an activating group) is 2. The molecule has 0 aliphatic heterocycles. The van der Waals surface area contributed by atoms with E-state index in [2.05, 4.69) is 42.7 Å². The molecule has 0 radical (unpaired) electrons. The quantitative estimate of drug-likeness (QED) is 0.796. The zero-order valence-electron chi connectivity index (χ0n) is 12.1. The Kier molecular flexibility index (Phi) is 6.09. The molecule has 1 atom stereocenters. The van der Waals surface area contributed by atoms with Crippen LogP contribution in [0.5, 0.6) is 0 Å². The van der Waals surface area contributed by atoms with E-state index in [1.807, 2.05) is 12.1 Å². The van der Waals surface area contributed by atoms with Gasteiger partial charge in [-0.3, -0.25) is 9.88 Å². The van der Waals surface area contributed by atoms with Crippen LogP contribution in [0, 0.1) is 0 Å². The molecule has 4 nitrogen and oxygen atoms in total. The van der Waals surface area contributed by atoms with Gasteiger partial charge in [0, 0.05) is 31.2 Å². The van der Waals surface area contributed by atoms with Crippen LogP contribution in [0.3, 0.4) is 0 Å². The summed E-state index contributed by atoms with van der Waals surface area (Å²) in [5.74, 6) is 0. The maximum absolute atomic E-state index is 5.63. The zero-order chi connectivity index (χ0) is 13.5. The molecule has 0 aliphatic carbocycles. The molecule has 0 bridgehead atoms. The fourth-order valence-corrected chi connectivity index (χ4v) is 2.18. The second kappa shape index (κ2) is 7.34. The number of aromatic nitrogens is 1. The van der Waals surface area contributed by atoms with Crippen LogP contribution in [0.1, 0.15) is 19.5 Å². The predicted octanol–water partition coefficient (Wildman–Crippen LogP) is 1.48. The van der Waals surface area contributed by atoms with Crippen LogP contribution in [0.4, 0.5) is 5.69 Å². The van der Waals surface area contributed by atoms with Crippen molar-refractivity contribution in [3.63, 3.8) is 0 Å². The van der Waals surface area contributed by atoms with Crippen LogP contribution in [0.2, 0.25) is 0 Å². The van der Waals surface area contributed by atoms with Gasteiger partial charge in [-0.2, -0.15) is 0 Å². The van der Waals surface area contributed by atoms with E-state index in [1.165, 1.54) is 0 Å². The van der Waals surface area contributed by atoms with Crippen molar-refractivity contribution >= 4 is 5.69 Å². The maximum atomic E-state index is 5.63. The molecule has 0 aromatic carbocycles. The highest BCUT2D eigenvalue weighted by molar-refractivity contribution is 5.34. The SMILES string of the molecule is CCN(CCc1ccc(N)cn1)C(C)CN(C)C. The third-order valence-electron chi connectivity index (χ3n) is 3.16. The number of hydrogen-bond acceptors (Lipinski definition) is 4. The molecule has 2 N–H and O–H groups in total. The normalized spacial score (nSPS) is 13.2. The largest absolute Gasteiger partial charge is 0.397 e. The summed E-state index contributed by atoms with van der Waals surface area (Å²) in [6.45, 7) is 7.69. The number of nitrogens with zero attached hydrogens (tertiary/aromatic N) is 3. The van der Waals surface area contributed by atoms with E-state index in [9.17, 15) is 0 Å². The molecule has 4 heteroatoms. The topological polar surface area (TPSA) is 45.4 Å². The van der Waals surface area contributed by atoms with Crippen LogP contribution < -0.4 is 5.73 Å². The van der Waals surface area contributed by atoms with Gasteiger partial charge in [0.05, 0.1) is 11.9 Å². The first-order chi connectivity index (χ1) is 8.52. The number of nitrogen functional groups attached to an aromatic ring is 1. The van der Waals surface area contributed by atoms with Gasteiger partial charge in [-0.05, 0) is 39.7 Å². The summed E-state index contributed by atoms with van der Waals surface area (Å²) in [7, 11) is 4.23. The second-order valence-corrected chi connectivity index (χ2v) is 5.07. The molecule has 102 valence electrons. The molecule has 1 unspecified atom stereocenters. The molecule has 0 amide bonds. The Bertz CT molecular complexity index is 334. The Morgan fingerprint density at radius 1 is 1.33 bits per heavy atom. The molecular weight excluding hydrogens is 224 g/mol. The lowest BCUT2D eigenvalue weighted by molar-refractivity contribution is 0.183. The smallest absolute Gasteiger partial charge is 0.0501 e. The van der Waals surface area contributed by atoms with Crippen molar-refractivity contribution in [1.82, 2.24) is 14.8 Å². The van der Waals surface area contributed by atoms with Crippen molar-refractivity contribution in [3.8, 4) is 0 Å². The average molecular weight is 250 g/mol. The summed E-state index contributed by atoms with van der Waals surface area (Å²) >= 11 is 0. The minimum absolute atomic E-state index is 0.568. The highest BCUT2D eigenvalue weighted by atomic mass is 15.2. The van der Waals surface area contributed by atoms with E-state index in [1.54, 1.807) is 6.20 Å². The second-order valence-electron chi connectivity index (χ2n) is 5.07. The number of anilines is 1. The van der Waals surface area contributed by atoms with Crippen molar-refractivity contribution in [3.05, 3.63) is 24.0 Å². The molecule has 0 spiro atoms. The van der Waals surface area contributed by atoms with Crippen LogP contribution in [0.15, 0.2) is 18.3 Å². The van der Waals surface area contributed by atoms with Crippen molar-refractivity contribution in [2.75, 3.05) is 39.5 Å². The van der Waals surface area contributed by atoms with Crippen LogP contribution >= 0.6 is 0 Å². The Morgan fingerprint density at radius 2 is 2.06 bits per heavy atom. The summed E-state index contributed by atoms with van der Waals surface area (Å²) in [6.07, 6.45) is 2.71. The van der Waals surface area contributed by atoms with Gasteiger partial charge in [-0.15, -0.1) is 0 Å². The van der Waals surface area contributed by atoms with E-state index in [0.29, 0.717) is 6.04 Å². The Balaban J connectivity index is 2.46. The number of rotatable bonds is 7. The van der Waals surface area contributed by atoms with Gasteiger partial charge in [0.2, 0.25) is 0 Å². The van der Waals surface area contributed by atoms with Gasteiger partial charge >= 0.3 is 0 Å². The van der Waals surface area contributed by atoms with Crippen molar-refractivity contribution < 1.29 is 0 Å². The van der Waals surface area contributed by atoms with Gasteiger partial charge in [0.1, 0.15) is 0 Å². The van der Waals surface area contributed by atoms with Crippen LogP contribution in [0.25, 0.3) is 0 Å². The van der Waals surface area contributed by atoms with Crippen LogP contribution in [-0.4, -0.2) is 54.6 Å². The average Bonchev–Trinajstić information content (AvgIpc) is 2.31. The first-order valence-corrected chi connectivity index (χ1v) is 6.62. The first kappa shape index (κ1) is 14.9. The van der Waals surface area contributed by atoms with Gasteiger partial charge in [0.15, 0.2) is 0 Å². The van der Waals surface area contributed by atoms with Gasteiger partial charge in [0.25, 0.3) is 0 Å². The third-order valence-corrected chi connectivity index (χ3v) is 3.16. The summed E-state index contributed by atoms with van der Waals surface area (Å²) in [6, 6.07) is 4.50. The molecule has 1 aromatic heterocycles. The highest BCUT2D eigenvalue weighted by Crippen LogP contribution is 2.05. The maximum Gasteiger partial charge on any atom is 0.0501 e. The lowest BCUT2D eigenvalue weighted by Gasteiger charge is -2.29. The lowest BCUT2D eigenvalue weighted by atomic mass is 10.2. The molecule has 0 saturated carbocycles. The molecular formula is C14H26N4. The highest BCUT2D eigenvalue weighted by Gasteiger charge is 2.12. The summed E-state index contributed by atoms with van der Waals surface area (Å²) < 4.78 is 0. The summed E-state index contributed by atoms with van der Waals surface area (Å²) in [5, 5.41) is 0. The third kappa shape index (κ3) is 5.02. The van der Waals surface area contributed by atoms with E-state index in [4.69, 9.17) is 5.73 Å². The van der Waals surface area contributed by atoms with E-state index in [0.717, 1.165) is 37.4 Å². The lowest BCUT2D eigenvalue weighted by Crippen LogP contribution is -2.41. The Labute approximate surface area is 111 Å². The number of hydrogen-bond donors (Lipinski definition) is 1. The fraction of sp³-hybridized carbons (Fsp3) is 0.643. The molecule has 0 fully saturated rings. The molecule has 0 saturated heterocycles. The number of pyridine rings is 1.